The van der Waals surface area contributed by atoms with Crippen molar-refractivity contribution in [2.24, 2.45) is 0 Å². The van der Waals surface area contributed by atoms with Gasteiger partial charge in [-0.3, -0.25) is 10.6 Å². The molecule has 2 rings (SSSR count). The van der Waals surface area contributed by atoms with Gasteiger partial charge in [0.2, 0.25) is 0 Å². The van der Waals surface area contributed by atoms with Crippen LogP contribution >= 0.6 is 0 Å². The highest BCUT2D eigenvalue weighted by Gasteiger charge is 2.54. The number of ether oxygens (including phenoxy) is 1. The van der Waals surface area contributed by atoms with E-state index in [-0.39, 0.29) is 16.7 Å². The summed E-state index contributed by atoms with van der Waals surface area (Å²) >= 11 is 0. The van der Waals surface area contributed by atoms with Crippen LogP contribution in [-0.4, -0.2) is 29.5 Å². The Morgan fingerprint density at radius 3 is 2.32 bits per heavy atom. The van der Waals surface area contributed by atoms with E-state index in [0.717, 1.165) is 13.0 Å². The zero-order chi connectivity index (χ0) is 14.1. The molecular weight excluding hydrogens is 236 g/mol. The topological polar surface area (TPSA) is 33.3 Å². The van der Waals surface area contributed by atoms with Gasteiger partial charge in [-0.2, -0.15) is 0 Å². The second-order valence-electron chi connectivity index (χ2n) is 7.52. The lowest BCUT2D eigenvalue weighted by Crippen LogP contribution is -2.56. The van der Waals surface area contributed by atoms with E-state index in [2.05, 4.69) is 45.3 Å². The fourth-order valence-corrected chi connectivity index (χ4v) is 3.53. The van der Waals surface area contributed by atoms with Gasteiger partial charge in [-0.15, -0.1) is 0 Å². The van der Waals surface area contributed by atoms with E-state index >= 15 is 0 Å². The highest BCUT2D eigenvalue weighted by atomic mass is 16.5. The molecule has 2 N–H and O–H groups in total. The summed E-state index contributed by atoms with van der Waals surface area (Å²) < 4.78 is 6.07. The summed E-state index contributed by atoms with van der Waals surface area (Å²) in [6.45, 7) is 12.3. The Morgan fingerprint density at radius 2 is 1.74 bits per heavy atom. The molecule has 0 aromatic heterocycles. The highest BCUT2D eigenvalue weighted by Crippen LogP contribution is 2.39. The van der Waals surface area contributed by atoms with Crippen LogP contribution in [-0.2, 0) is 4.74 Å². The van der Waals surface area contributed by atoms with Gasteiger partial charge >= 0.3 is 0 Å². The van der Waals surface area contributed by atoms with Crippen LogP contribution in [0, 0.1) is 0 Å². The summed E-state index contributed by atoms with van der Waals surface area (Å²) in [5, 5.41) is 7.73. The summed E-state index contributed by atoms with van der Waals surface area (Å²) in [6.07, 6.45) is 7.61. The molecule has 19 heavy (non-hydrogen) atoms. The smallest absolute Gasteiger partial charge is 0.0721 e. The molecule has 1 spiro atoms. The van der Waals surface area contributed by atoms with Crippen molar-refractivity contribution in [1.29, 1.82) is 0 Å². The van der Waals surface area contributed by atoms with Crippen LogP contribution in [0.15, 0.2) is 0 Å². The van der Waals surface area contributed by atoms with Crippen LogP contribution in [0.4, 0.5) is 0 Å². The zero-order valence-corrected chi connectivity index (χ0v) is 13.4. The van der Waals surface area contributed by atoms with Crippen LogP contribution in [0.3, 0.4) is 0 Å². The van der Waals surface area contributed by atoms with Crippen molar-refractivity contribution in [3.63, 3.8) is 0 Å². The van der Waals surface area contributed by atoms with Crippen molar-refractivity contribution < 1.29 is 4.74 Å². The molecule has 1 saturated heterocycles. The van der Waals surface area contributed by atoms with Gasteiger partial charge in [0.1, 0.15) is 0 Å². The maximum absolute atomic E-state index is 6.07. The first-order valence-electron chi connectivity index (χ1n) is 8.01. The summed E-state index contributed by atoms with van der Waals surface area (Å²) in [5.41, 5.74) is 0.332. The second-order valence-corrected chi connectivity index (χ2v) is 7.52. The molecule has 0 aromatic carbocycles. The first-order chi connectivity index (χ1) is 8.80. The first kappa shape index (κ1) is 15.3. The lowest BCUT2D eigenvalue weighted by Gasteiger charge is -2.39. The predicted octanol–water partition coefficient (Wildman–Crippen LogP) is 3.19. The van der Waals surface area contributed by atoms with E-state index in [1.807, 2.05) is 0 Å². The largest absolute Gasteiger partial charge is 0.378 e. The Balaban J connectivity index is 1.97. The van der Waals surface area contributed by atoms with Crippen LogP contribution in [0.25, 0.3) is 0 Å². The maximum atomic E-state index is 6.07. The Kier molecular flexibility index (Phi) is 4.29. The Labute approximate surface area is 118 Å². The minimum atomic E-state index is 0.0854. The Morgan fingerprint density at radius 1 is 1.11 bits per heavy atom. The monoisotopic (exact) mass is 268 g/mol. The predicted molar refractivity (Wildman–Crippen MR) is 80.3 cm³/mol. The van der Waals surface area contributed by atoms with Crippen molar-refractivity contribution in [2.75, 3.05) is 6.61 Å². The van der Waals surface area contributed by atoms with Crippen molar-refractivity contribution in [1.82, 2.24) is 10.6 Å². The Bertz CT molecular complexity index is 296. The van der Waals surface area contributed by atoms with Crippen LogP contribution in [0.2, 0.25) is 0 Å². The van der Waals surface area contributed by atoms with Gasteiger partial charge in [0.25, 0.3) is 0 Å². The molecule has 1 aliphatic heterocycles. The van der Waals surface area contributed by atoms with Gasteiger partial charge in [0.15, 0.2) is 0 Å². The minimum Gasteiger partial charge on any atom is -0.378 e. The minimum absolute atomic E-state index is 0.0854. The fourth-order valence-electron chi connectivity index (χ4n) is 3.53. The normalized spacial score (nSPS) is 31.7. The maximum Gasteiger partial charge on any atom is 0.0721 e. The molecule has 1 atom stereocenters. The van der Waals surface area contributed by atoms with E-state index in [1.165, 1.54) is 32.1 Å². The summed E-state index contributed by atoms with van der Waals surface area (Å²) in [7, 11) is 0. The molecule has 1 aliphatic carbocycles. The van der Waals surface area contributed by atoms with Gasteiger partial charge in [-0.05, 0) is 53.4 Å². The van der Waals surface area contributed by atoms with E-state index in [4.69, 9.17) is 4.74 Å². The molecule has 0 radical (unpaired) electrons. The van der Waals surface area contributed by atoms with Crippen molar-refractivity contribution in [2.45, 2.75) is 96.0 Å². The summed E-state index contributed by atoms with van der Waals surface area (Å²) in [6, 6.07) is 0. The molecule has 112 valence electrons. The molecule has 0 aromatic rings. The standard InChI is InChI=1S/C16H32N2O/c1-6-7-11-19-13-9-8-10-16(12-13)17-14(2,3)15(4,5)18-16/h13,17-18H,6-12H2,1-5H3. The van der Waals surface area contributed by atoms with Crippen LogP contribution in [0.5, 0.6) is 0 Å². The van der Waals surface area contributed by atoms with Gasteiger partial charge < -0.3 is 4.74 Å². The highest BCUT2D eigenvalue weighted by molar-refractivity contribution is 5.15. The van der Waals surface area contributed by atoms with Crippen LogP contribution < -0.4 is 10.6 Å². The van der Waals surface area contributed by atoms with Gasteiger partial charge in [0, 0.05) is 24.1 Å². The Hall–Kier alpha value is -0.120. The first-order valence-corrected chi connectivity index (χ1v) is 8.01. The number of hydrogen-bond acceptors (Lipinski definition) is 3. The fraction of sp³-hybridized carbons (Fsp3) is 1.00. The second kappa shape index (κ2) is 5.34. The number of hydrogen-bond donors (Lipinski definition) is 2. The molecule has 0 amide bonds. The SMILES string of the molecule is CCCCOC1CCCC2(C1)NC(C)(C)C(C)(C)N2. The average Bonchev–Trinajstić information content (AvgIpc) is 2.44. The summed E-state index contributed by atoms with van der Waals surface area (Å²) in [5.74, 6) is 0. The molecule has 3 nitrogen and oxygen atoms in total. The van der Waals surface area contributed by atoms with Crippen LogP contribution in [0.1, 0.15) is 73.1 Å². The summed E-state index contributed by atoms with van der Waals surface area (Å²) in [4.78, 5) is 0. The van der Waals surface area contributed by atoms with E-state index in [1.54, 1.807) is 0 Å². The van der Waals surface area contributed by atoms with E-state index in [0.29, 0.717) is 6.10 Å². The molecule has 1 heterocycles. The van der Waals surface area contributed by atoms with Crippen molar-refractivity contribution >= 4 is 0 Å². The molecule has 1 unspecified atom stereocenters. The van der Waals surface area contributed by atoms with E-state index in [9.17, 15) is 0 Å². The third kappa shape index (κ3) is 3.14. The average molecular weight is 268 g/mol. The number of unbranched alkanes of at least 4 members (excludes halogenated alkanes) is 1. The third-order valence-electron chi connectivity index (χ3n) is 5.22. The molecule has 0 bridgehead atoms. The molecule has 2 aliphatic rings. The number of rotatable bonds is 4. The van der Waals surface area contributed by atoms with Gasteiger partial charge in [-0.25, -0.2) is 0 Å². The molecule has 1 saturated carbocycles. The molecular formula is C16H32N2O. The molecule has 2 fully saturated rings. The zero-order valence-electron chi connectivity index (χ0n) is 13.4. The number of nitrogens with one attached hydrogen (secondary N) is 2. The lowest BCUT2D eigenvalue weighted by atomic mass is 9.85. The molecule has 3 heteroatoms. The van der Waals surface area contributed by atoms with Gasteiger partial charge in [-0.1, -0.05) is 13.3 Å². The van der Waals surface area contributed by atoms with Crippen molar-refractivity contribution in [3.05, 3.63) is 0 Å². The third-order valence-corrected chi connectivity index (χ3v) is 5.22. The quantitative estimate of drug-likeness (QED) is 0.768. The lowest BCUT2D eigenvalue weighted by molar-refractivity contribution is -0.00633. The van der Waals surface area contributed by atoms with Gasteiger partial charge in [0.05, 0.1) is 11.8 Å². The van der Waals surface area contributed by atoms with E-state index < -0.39 is 0 Å². The van der Waals surface area contributed by atoms with Crippen molar-refractivity contribution in [3.8, 4) is 0 Å².